The summed E-state index contributed by atoms with van der Waals surface area (Å²) in [5, 5.41) is 0. The number of carbonyl (C=O) groups excluding carboxylic acids is 1. The van der Waals surface area contributed by atoms with Crippen LogP contribution in [0.1, 0.15) is 36.0 Å². The van der Waals surface area contributed by atoms with Gasteiger partial charge in [-0.15, -0.1) is 0 Å². The van der Waals surface area contributed by atoms with Gasteiger partial charge in [-0.25, -0.2) is 9.97 Å². The molecule has 2 aliphatic rings. The van der Waals surface area contributed by atoms with Crippen molar-refractivity contribution >= 4 is 11.7 Å². The van der Waals surface area contributed by atoms with E-state index in [9.17, 15) is 4.79 Å². The third-order valence-corrected chi connectivity index (χ3v) is 5.05. The lowest BCUT2D eigenvalue weighted by atomic mass is 10.1. The standard InChI is InChI=1S/C20H24N4O2/c25-20(16-7-3-1-4-8-16)24-12-9-17(14-24)26-19-13-18(21-15-22-19)23-10-5-2-6-11-23/h1,3-4,7-8,13,15,17H,2,5-6,9-12,14H2. The molecule has 0 aliphatic carbocycles. The van der Waals surface area contributed by atoms with Crippen LogP contribution in [0.4, 0.5) is 5.82 Å². The van der Waals surface area contributed by atoms with Crippen LogP contribution in [0.3, 0.4) is 0 Å². The van der Waals surface area contributed by atoms with E-state index in [-0.39, 0.29) is 12.0 Å². The molecule has 2 aromatic rings. The Morgan fingerprint density at radius 2 is 1.85 bits per heavy atom. The molecule has 0 spiro atoms. The first kappa shape index (κ1) is 16.8. The monoisotopic (exact) mass is 352 g/mol. The largest absolute Gasteiger partial charge is 0.472 e. The number of ether oxygens (including phenoxy) is 1. The Morgan fingerprint density at radius 3 is 2.65 bits per heavy atom. The smallest absolute Gasteiger partial charge is 0.253 e. The highest BCUT2D eigenvalue weighted by Crippen LogP contribution is 2.23. The summed E-state index contributed by atoms with van der Waals surface area (Å²) in [7, 11) is 0. The number of aromatic nitrogens is 2. The minimum absolute atomic E-state index is 0.0215. The van der Waals surface area contributed by atoms with Gasteiger partial charge in [0, 0.05) is 37.7 Å². The lowest BCUT2D eigenvalue weighted by molar-refractivity contribution is 0.0771. The fourth-order valence-electron chi connectivity index (χ4n) is 3.63. The molecule has 136 valence electrons. The van der Waals surface area contributed by atoms with E-state index in [4.69, 9.17) is 4.74 Å². The summed E-state index contributed by atoms with van der Waals surface area (Å²) in [5.41, 5.74) is 0.725. The summed E-state index contributed by atoms with van der Waals surface area (Å²) in [6, 6.07) is 11.3. The van der Waals surface area contributed by atoms with Gasteiger partial charge < -0.3 is 14.5 Å². The van der Waals surface area contributed by atoms with Gasteiger partial charge in [0.25, 0.3) is 5.91 Å². The lowest BCUT2D eigenvalue weighted by Crippen LogP contribution is -2.31. The highest BCUT2D eigenvalue weighted by atomic mass is 16.5. The lowest BCUT2D eigenvalue weighted by Gasteiger charge is -2.27. The quantitative estimate of drug-likeness (QED) is 0.847. The number of hydrogen-bond donors (Lipinski definition) is 0. The number of anilines is 1. The molecule has 26 heavy (non-hydrogen) atoms. The van der Waals surface area contributed by atoms with Crippen molar-refractivity contribution in [2.75, 3.05) is 31.1 Å². The van der Waals surface area contributed by atoms with Gasteiger partial charge >= 0.3 is 0 Å². The van der Waals surface area contributed by atoms with Crippen LogP contribution in [-0.4, -0.2) is 53.1 Å². The molecule has 0 N–H and O–H groups in total. The molecule has 6 nitrogen and oxygen atoms in total. The molecule has 2 fully saturated rings. The number of carbonyl (C=O) groups is 1. The normalized spacial score (nSPS) is 20.2. The molecule has 0 bridgehead atoms. The first-order valence-electron chi connectivity index (χ1n) is 9.37. The molecule has 1 unspecified atom stereocenters. The Bertz CT molecular complexity index is 746. The summed E-state index contributed by atoms with van der Waals surface area (Å²) in [6.07, 6.45) is 6.08. The van der Waals surface area contributed by atoms with Crippen molar-refractivity contribution in [2.45, 2.75) is 31.8 Å². The van der Waals surface area contributed by atoms with Crippen molar-refractivity contribution in [1.82, 2.24) is 14.9 Å². The van der Waals surface area contributed by atoms with E-state index in [2.05, 4.69) is 14.9 Å². The van der Waals surface area contributed by atoms with E-state index < -0.39 is 0 Å². The summed E-state index contributed by atoms with van der Waals surface area (Å²) in [6.45, 7) is 3.39. The molecule has 6 heteroatoms. The Hall–Kier alpha value is -2.63. The molecule has 1 aromatic heterocycles. The van der Waals surface area contributed by atoms with Crippen molar-refractivity contribution in [3.05, 3.63) is 48.3 Å². The number of hydrogen-bond acceptors (Lipinski definition) is 5. The van der Waals surface area contributed by atoms with Crippen LogP contribution in [0.5, 0.6) is 5.88 Å². The summed E-state index contributed by atoms with van der Waals surface area (Å²) in [5.74, 6) is 1.60. The van der Waals surface area contributed by atoms with Crippen LogP contribution in [0, 0.1) is 0 Å². The van der Waals surface area contributed by atoms with Crippen LogP contribution in [0.25, 0.3) is 0 Å². The number of benzene rings is 1. The zero-order valence-corrected chi connectivity index (χ0v) is 14.9. The molecular formula is C20H24N4O2. The topological polar surface area (TPSA) is 58.6 Å². The maximum absolute atomic E-state index is 12.5. The molecule has 3 heterocycles. The maximum Gasteiger partial charge on any atom is 0.253 e. The van der Waals surface area contributed by atoms with Gasteiger partial charge in [0.1, 0.15) is 18.2 Å². The highest BCUT2D eigenvalue weighted by molar-refractivity contribution is 5.94. The van der Waals surface area contributed by atoms with Gasteiger partial charge in [0.05, 0.1) is 6.54 Å². The van der Waals surface area contributed by atoms with E-state index in [1.54, 1.807) is 6.33 Å². The Balaban J connectivity index is 1.37. The van der Waals surface area contributed by atoms with Crippen molar-refractivity contribution in [2.24, 2.45) is 0 Å². The van der Waals surface area contributed by atoms with E-state index in [1.807, 2.05) is 41.3 Å². The van der Waals surface area contributed by atoms with Crippen LogP contribution in [-0.2, 0) is 0 Å². The first-order valence-corrected chi connectivity index (χ1v) is 9.37. The van der Waals surface area contributed by atoms with E-state index in [1.165, 1.54) is 19.3 Å². The SMILES string of the molecule is O=C(c1ccccc1)N1CCC(Oc2cc(N3CCCCC3)ncn2)C1. The maximum atomic E-state index is 12.5. The Morgan fingerprint density at radius 1 is 1.04 bits per heavy atom. The Labute approximate surface area is 153 Å². The van der Waals surface area contributed by atoms with Gasteiger partial charge in [-0.05, 0) is 31.4 Å². The van der Waals surface area contributed by atoms with E-state index in [0.29, 0.717) is 19.0 Å². The molecule has 1 amide bonds. The van der Waals surface area contributed by atoms with Crippen molar-refractivity contribution in [3.8, 4) is 5.88 Å². The van der Waals surface area contributed by atoms with Crippen LogP contribution in [0.15, 0.2) is 42.7 Å². The fourth-order valence-corrected chi connectivity index (χ4v) is 3.63. The first-order chi connectivity index (χ1) is 12.8. The molecule has 1 atom stereocenters. The summed E-state index contributed by atoms with van der Waals surface area (Å²) in [4.78, 5) is 25.3. The minimum Gasteiger partial charge on any atom is -0.472 e. The number of amides is 1. The van der Waals surface area contributed by atoms with Crippen LogP contribution >= 0.6 is 0 Å². The summed E-state index contributed by atoms with van der Waals surface area (Å²) < 4.78 is 6.05. The zero-order valence-electron chi connectivity index (χ0n) is 14.9. The predicted octanol–water partition coefficient (Wildman–Crippen LogP) is 2.76. The van der Waals surface area contributed by atoms with Gasteiger partial charge in [0.2, 0.25) is 5.88 Å². The second kappa shape index (κ2) is 7.72. The second-order valence-electron chi connectivity index (χ2n) is 6.91. The average Bonchev–Trinajstić information content (AvgIpc) is 3.17. The minimum atomic E-state index is -0.0215. The van der Waals surface area contributed by atoms with Crippen molar-refractivity contribution in [3.63, 3.8) is 0 Å². The molecule has 0 saturated carbocycles. The zero-order chi connectivity index (χ0) is 17.8. The third-order valence-electron chi connectivity index (χ3n) is 5.05. The second-order valence-corrected chi connectivity index (χ2v) is 6.91. The van der Waals surface area contributed by atoms with Gasteiger partial charge in [-0.2, -0.15) is 0 Å². The molecule has 4 rings (SSSR count). The van der Waals surface area contributed by atoms with Crippen molar-refractivity contribution < 1.29 is 9.53 Å². The molecule has 2 saturated heterocycles. The number of nitrogens with zero attached hydrogens (tertiary/aromatic N) is 4. The number of likely N-dealkylation sites (tertiary alicyclic amines) is 1. The van der Waals surface area contributed by atoms with Gasteiger partial charge in [0.15, 0.2) is 0 Å². The average molecular weight is 352 g/mol. The number of rotatable bonds is 4. The predicted molar refractivity (Wildman–Crippen MR) is 99.5 cm³/mol. The highest BCUT2D eigenvalue weighted by Gasteiger charge is 2.28. The van der Waals surface area contributed by atoms with Gasteiger partial charge in [-0.1, -0.05) is 18.2 Å². The molecule has 1 aromatic carbocycles. The van der Waals surface area contributed by atoms with Crippen LogP contribution in [0.2, 0.25) is 0 Å². The third kappa shape index (κ3) is 3.79. The fraction of sp³-hybridized carbons (Fsp3) is 0.450. The Kier molecular flexibility index (Phi) is 5.00. The van der Waals surface area contributed by atoms with Crippen molar-refractivity contribution in [1.29, 1.82) is 0 Å². The summed E-state index contributed by atoms with van der Waals surface area (Å²) >= 11 is 0. The van der Waals surface area contributed by atoms with E-state index >= 15 is 0 Å². The van der Waals surface area contributed by atoms with Crippen LogP contribution < -0.4 is 9.64 Å². The van der Waals surface area contributed by atoms with E-state index in [0.717, 1.165) is 30.9 Å². The molecular weight excluding hydrogens is 328 g/mol. The number of piperidine rings is 1. The molecule has 2 aliphatic heterocycles. The van der Waals surface area contributed by atoms with Gasteiger partial charge in [-0.3, -0.25) is 4.79 Å². The molecule has 0 radical (unpaired) electrons.